The Morgan fingerprint density at radius 1 is 1.44 bits per heavy atom. The molecule has 1 aromatic rings. The number of hydrogen-bond donors (Lipinski definition) is 0. The maximum Gasteiger partial charge on any atom is 0.185 e. The summed E-state index contributed by atoms with van der Waals surface area (Å²) in [5.41, 5.74) is 1.52. The number of hydrogen-bond acceptors (Lipinski definition) is 4. The van der Waals surface area contributed by atoms with E-state index in [0.717, 1.165) is 43.0 Å². The summed E-state index contributed by atoms with van der Waals surface area (Å²) in [6.07, 6.45) is 0.509. The second-order valence-electron chi connectivity index (χ2n) is 4.50. The smallest absolute Gasteiger partial charge is 0.185 e. The third-order valence-electron chi connectivity index (χ3n) is 3.28. The van der Waals surface area contributed by atoms with E-state index in [4.69, 9.17) is 4.74 Å². The Morgan fingerprint density at radius 2 is 2.11 bits per heavy atom. The first-order valence-electron chi connectivity index (χ1n) is 6.12. The molecule has 18 heavy (non-hydrogen) atoms. The molecule has 0 N–H and O–H groups in total. The fourth-order valence-electron chi connectivity index (χ4n) is 1.96. The number of aryl methyl sites for hydroxylation is 1. The Bertz CT molecular complexity index is 439. The molecule has 5 nitrogen and oxygen atoms in total. The van der Waals surface area contributed by atoms with Crippen LogP contribution in [0.4, 0.5) is 0 Å². The van der Waals surface area contributed by atoms with Crippen LogP contribution in [0.25, 0.3) is 0 Å². The molecule has 6 heteroatoms. The fraction of sp³-hybridized carbons (Fsp3) is 0.667. The van der Waals surface area contributed by atoms with E-state index in [1.165, 1.54) is 0 Å². The Morgan fingerprint density at radius 3 is 2.67 bits per heavy atom. The SMILES string of the molecule is Cc1c(Br)c(C(=O)CCN2CCOCC2)nn1C. The van der Waals surface area contributed by atoms with Gasteiger partial charge in [-0.2, -0.15) is 5.10 Å². The second-order valence-corrected chi connectivity index (χ2v) is 5.29. The van der Waals surface area contributed by atoms with Gasteiger partial charge in [-0.1, -0.05) is 0 Å². The van der Waals surface area contributed by atoms with E-state index in [0.29, 0.717) is 12.1 Å². The summed E-state index contributed by atoms with van der Waals surface area (Å²) in [4.78, 5) is 14.4. The van der Waals surface area contributed by atoms with E-state index in [1.54, 1.807) is 4.68 Å². The van der Waals surface area contributed by atoms with Crippen LogP contribution in [0.1, 0.15) is 22.6 Å². The van der Waals surface area contributed by atoms with Crippen LogP contribution in [0.3, 0.4) is 0 Å². The van der Waals surface area contributed by atoms with Gasteiger partial charge >= 0.3 is 0 Å². The average Bonchev–Trinajstić information content (AvgIpc) is 2.65. The van der Waals surface area contributed by atoms with Gasteiger partial charge in [0.25, 0.3) is 0 Å². The van der Waals surface area contributed by atoms with Gasteiger partial charge in [-0.15, -0.1) is 0 Å². The van der Waals surface area contributed by atoms with E-state index in [1.807, 2.05) is 14.0 Å². The van der Waals surface area contributed by atoms with Gasteiger partial charge in [0.2, 0.25) is 0 Å². The number of carbonyl (C=O) groups excluding carboxylic acids is 1. The summed E-state index contributed by atoms with van der Waals surface area (Å²) in [5, 5.41) is 4.25. The van der Waals surface area contributed by atoms with Crippen LogP contribution in [0, 0.1) is 6.92 Å². The summed E-state index contributed by atoms with van der Waals surface area (Å²) < 4.78 is 7.82. The first kappa shape index (κ1) is 13.7. The largest absolute Gasteiger partial charge is 0.379 e. The maximum atomic E-state index is 12.1. The van der Waals surface area contributed by atoms with Crippen molar-refractivity contribution in [2.45, 2.75) is 13.3 Å². The maximum absolute atomic E-state index is 12.1. The Hall–Kier alpha value is -0.720. The first-order valence-corrected chi connectivity index (χ1v) is 6.91. The molecule has 0 spiro atoms. The van der Waals surface area contributed by atoms with Crippen LogP contribution in [0.15, 0.2) is 4.47 Å². The van der Waals surface area contributed by atoms with Crippen molar-refractivity contribution in [1.29, 1.82) is 0 Å². The van der Waals surface area contributed by atoms with Crippen LogP contribution in [-0.2, 0) is 11.8 Å². The topological polar surface area (TPSA) is 47.4 Å². The lowest BCUT2D eigenvalue weighted by molar-refractivity contribution is 0.0369. The summed E-state index contributed by atoms with van der Waals surface area (Å²) in [6.45, 7) is 6.08. The zero-order valence-electron chi connectivity index (χ0n) is 10.8. The van der Waals surface area contributed by atoms with Gasteiger partial charge in [0.05, 0.1) is 17.7 Å². The quantitative estimate of drug-likeness (QED) is 0.788. The fourth-order valence-corrected chi connectivity index (χ4v) is 2.52. The number of morpholine rings is 1. The third kappa shape index (κ3) is 2.99. The van der Waals surface area contributed by atoms with Gasteiger partial charge in [0.15, 0.2) is 5.78 Å². The lowest BCUT2D eigenvalue weighted by Crippen LogP contribution is -2.37. The number of aromatic nitrogens is 2. The minimum atomic E-state index is 0.0945. The summed E-state index contributed by atoms with van der Waals surface area (Å²) >= 11 is 3.43. The zero-order chi connectivity index (χ0) is 13.1. The highest BCUT2D eigenvalue weighted by molar-refractivity contribution is 9.10. The molecule has 2 rings (SSSR count). The monoisotopic (exact) mass is 315 g/mol. The van der Waals surface area contributed by atoms with Crippen molar-refractivity contribution < 1.29 is 9.53 Å². The predicted octanol–water partition coefficient (Wildman–Crippen LogP) is 1.40. The molecule has 0 saturated carbocycles. The standard InChI is InChI=1S/C12H18BrN3O2/c1-9-11(13)12(14-15(9)2)10(17)3-4-16-5-7-18-8-6-16/h3-8H2,1-2H3. The van der Waals surface area contributed by atoms with Crippen molar-refractivity contribution in [2.24, 2.45) is 7.05 Å². The molecule has 0 aromatic carbocycles. The Balaban J connectivity index is 1.93. The minimum absolute atomic E-state index is 0.0945. The molecule has 100 valence electrons. The lowest BCUT2D eigenvalue weighted by atomic mass is 10.2. The van der Waals surface area contributed by atoms with Gasteiger partial charge in [-0.05, 0) is 22.9 Å². The number of halogens is 1. The number of nitrogens with zero attached hydrogens (tertiary/aromatic N) is 3. The Kier molecular flexibility index (Phi) is 4.53. The highest BCUT2D eigenvalue weighted by Gasteiger charge is 2.19. The van der Waals surface area contributed by atoms with Crippen LogP contribution in [-0.4, -0.2) is 53.3 Å². The molecule has 1 aliphatic heterocycles. The molecular weight excluding hydrogens is 298 g/mol. The molecule has 1 fully saturated rings. The third-order valence-corrected chi connectivity index (χ3v) is 4.23. The number of rotatable bonds is 4. The molecule has 1 saturated heterocycles. The van der Waals surface area contributed by atoms with Crippen molar-refractivity contribution >= 4 is 21.7 Å². The highest BCUT2D eigenvalue weighted by atomic mass is 79.9. The second kappa shape index (κ2) is 5.95. The van der Waals surface area contributed by atoms with Crippen molar-refractivity contribution in [3.8, 4) is 0 Å². The first-order chi connectivity index (χ1) is 8.59. The van der Waals surface area contributed by atoms with Gasteiger partial charge in [0, 0.05) is 38.8 Å². The molecule has 0 amide bonds. The molecule has 0 bridgehead atoms. The van der Waals surface area contributed by atoms with Gasteiger partial charge in [-0.3, -0.25) is 14.4 Å². The number of ether oxygens (including phenoxy) is 1. The Labute approximate surface area is 115 Å². The molecule has 0 atom stereocenters. The van der Waals surface area contributed by atoms with Crippen molar-refractivity contribution in [2.75, 3.05) is 32.8 Å². The highest BCUT2D eigenvalue weighted by Crippen LogP contribution is 2.21. The van der Waals surface area contributed by atoms with Gasteiger partial charge in [0.1, 0.15) is 5.69 Å². The van der Waals surface area contributed by atoms with E-state index in [9.17, 15) is 4.79 Å². The summed E-state index contributed by atoms with van der Waals surface area (Å²) in [7, 11) is 1.85. The normalized spacial score (nSPS) is 17.1. The van der Waals surface area contributed by atoms with E-state index in [-0.39, 0.29) is 5.78 Å². The molecule has 1 aliphatic rings. The summed E-state index contributed by atoms with van der Waals surface area (Å²) in [5.74, 6) is 0.0945. The van der Waals surface area contributed by atoms with Crippen molar-refractivity contribution in [3.05, 3.63) is 15.9 Å². The predicted molar refractivity (Wildman–Crippen MR) is 71.9 cm³/mol. The molecule has 1 aromatic heterocycles. The van der Waals surface area contributed by atoms with Crippen molar-refractivity contribution in [1.82, 2.24) is 14.7 Å². The van der Waals surface area contributed by atoms with Crippen LogP contribution >= 0.6 is 15.9 Å². The molecule has 0 radical (unpaired) electrons. The molecule has 2 heterocycles. The van der Waals surface area contributed by atoms with Crippen LogP contribution in [0.5, 0.6) is 0 Å². The van der Waals surface area contributed by atoms with Gasteiger partial charge in [-0.25, -0.2) is 0 Å². The number of Topliss-reactive ketones (excluding diaryl/α,β-unsaturated/α-hetero) is 1. The van der Waals surface area contributed by atoms with E-state index in [2.05, 4.69) is 25.9 Å². The van der Waals surface area contributed by atoms with E-state index >= 15 is 0 Å². The average molecular weight is 316 g/mol. The molecule has 0 unspecified atom stereocenters. The number of ketones is 1. The van der Waals surface area contributed by atoms with Crippen molar-refractivity contribution in [3.63, 3.8) is 0 Å². The number of carbonyl (C=O) groups is 1. The minimum Gasteiger partial charge on any atom is -0.379 e. The zero-order valence-corrected chi connectivity index (χ0v) is 12.4. The summed E-state index contributed by atoms with van der Waals surface area (Å²) in [6, 6.07) is 0. The van der Waals surface area contributed by atoms with Crippen LogP contribution < -0.4 is 0 Å². The van der Waals surface area contributed by atoms with Gasteiger partial charge < -0.3 is 4.74 Å². The lowest BCUT2D eigenvalue weighted by Gasteiger charge is -2.25. The van der Waals surface area contributed by atoms with E-state index < -0.39 is 0 Å². The molecule has 0 aliphatic carbocycles. The van der Waals surface area contributed by atoms with Crippen LogP contribution in [0.2, 0.25) is 0 Å². The molecular formula is C12H18BrN3O2.